The number of aryl methyl sites for hydroxylation is 2. The zero-order chi connectivity index (χ0) is 16.6. The van der Waals surface area contributed by atoms with E-state index in [0.717, 1.165) is 17.1 Å². The van der Waals surface area contributed by atoms with Crippen molar-refractivity contribution >= 4 is 23.2 Å². The number of rotatable bonds is 3. The van der Waals surface area contributed by atoms with Crippen LogP contribution < -0.4 is 5.32 Å². The van der Waals surface area contributed by atoms with Gasteiger partial charge in [-0.05, 0) is 26.0 Å². The van der Waals surface area contributed by atoms with Gasteiger partial charge in [-0.25, -0.2) is 4.68 Å². The maximum atomic E-state index is 12.5. The van der Waals surface area contributed by atoms with Gasteiger partial charge in [-0.15, -0.1) is 0 Å². The van der Waals surface area contributed by atoms with Crippen LogP contribution in [-0.4, -0.2) is 25.5 Å². The number of carbonyl (C=O) groups is 1. The highest BCUT2D eigenvalue weighted by atomic mass is 35.5. The molecule has 23 heavy (non-hydrogen) atoms. The highest BCUT2D eigenvalue weighted by Gasteiger charge is 2.17. The van der Waals surface area contributed by atoms with Crippen LogP contribution in [0.4, 0.5) is 5.69 Å². The summed E-state index contributed by atoms with van der Waals surface area (Å²) in [6.07, 6.45) is 3.31. The summed E-state index contributed by atoms with van der Waals surface area (Å²) in [7, 11) is 1.81. The summed E-state index contributed by atoms with van der Waals surface area (Å²) < 4.78 is 3.32. The zero-order valence-electron chi connectivity index (χ0n) is 13.0. The van der Waals surface area contributed by atoms with Gasteiger partial charge in [0.2, 0.25) is 0 Å². The predicted octanol–water partition coefficient (Wildman–Crippen LogP) is 3.13. The number of aromatic nitrogens is 4. The van der Waals surface area contributed by atoms with E-state index in [9.17, 15) is 4.79 Å². The van der Waals surface area contributed by atoms with E-state index in [4.69, 9.17) is 11.6 Å². The number of carbonyl (C=O) groups excluding carboxylic acids is 1. The lowest BCUT2D eigenvalue weighted by Crippen LogP contribution is -2.13. The third-order valence-corrected chi connectivity index (χ3v) is 3.92. The summed E-state index contributed by atoms with van der Waals surface area (Å²) in [5.41, 5.74) is 3.40. The van der Waals surface area contributed by atoms with Crippen LogP contribution in [0.3, 0.4) is 0 Å². The van der Waals surface area contributed by atoms with Crippen LogP contribution >= 0.6 is 11.6 Å². The van der Waals surface area contributed by atoms with Crippen molar-refractivity contribution in [1.29, 1.82) is 0 Å². The van der Waals surface area contributed by atoms with Gasteiger partial charge in [-0.3, -0.25) is 9.48 Å². The molecule has 0 aliphatic carbocycles. The Morgan fingerprint density at radius 2 is 2.00 bits per heavy atom. The van der Waals surface area contributed by atoms with E-state index in [0.29, 0.717) is 16.3 Å². The molecule has 1 aromatic carbocycles. The van der Waals surface area contributed by atoms with Gasteiger partial charge in [0.25, 0.3) is 5.91 Å². The van der Waals surface area contributed by atoms with Gasteiger partial charge in [-0.2, -0.15) is 10.2 Å². The van der Waals surface area contributed by atoms with Crippen molar-refractivity contribution in [1.82, 2.24) is 19.6 Å². The number of hydrogen-bond acceptors (Lipinski definition) is 3. The lowest BCUT2D eigenvalue weighted by molar-refractivity contribution is 0.102. The first-order valence-electron chi connectivity index (χ1n) is 7.08. The lowest BCUT2D eigenvalue weighted by Gasteiger charge is -2.07. The van der Waals surface area contributed by atoms with Crippen LogP contribution in [0.15, 0.2) is 36.7 Å². The van der Waals surface area contributed by atoms with Crippen LogP contribution in [0, 0.1) is 13.8 Å². The SMILES string of the molecule is Cc1nn(C)cc1NC(=O)c1cnn(-c2ccccc2Cl)c1C. The van der Waals surface area contributed by atoms with Gasteiger partial charge in [0.05, 0.1) is 39.5 Å². The second kappa shape index (κ2) is 5.89. The number of amides is 1. The Kier molecular flexibility index (Phi) is 3.92. The average Bonchev–Trinajstić information content (AvgIpc) is 3.02. The first kappa shape index (κ1) is 15.3. The molecule has 0 bridgehead atoms. The van der Waals surface area contributed by atoms with Crippen molar-refractivity contribution in [2.24, 2.45) is 7.05 Å². The maximum Gasteiger partial charge on any atom is 0.259 e. The minimum Gasteiger partial charge on any atom is -0.319 e. The Bertz CT molecular complexity index is 880. The van der Waals surface area contributed by atoms with E-state index in [1.54, 1.807) is 27.8 Å². The molecule has 0 unspecified atom stereocenters. The van der Waals surface area contributed by atoms with Crippen molar-refractivity contribution in [2.75, 3.05) is 5.32 Å². The third-order valence-electron chi connectivity index (χ3n) is 3.60. The molecule has 1 amide bonds. The fourth-order valence-corrected chi connectivity index (χ4v) is 2.63. The van der Waals surface area contributed by atoms with Gasteiger partial charge in [0.1, 0.15) is 0 Å². The summed E-state index contributed by atoms with van der Waals surface area (Å²) in [5.74, 6) is -0.225. The molecule has 0 fully saturated rings. The van der Waals surface area contributed by atoms with Crippen LogP contribution in [0.1, 0.15) is 21.7 Å². The second-order valence-corrected chi connectivity index (χ2v) is 5.67. The Morgan fingerprint density at radius 1 is 1.26 bits per heavy atom. The van der Waals surface area contributed by atoms with E-state index in [2.05, 4.69) is 15.5 Å². The second-order valence-electron chi connectivity index (χ2n) is 5.26. The molecule has 0 aliphatic heterocycles. The molecule has 0 spiro atoms. The summed E-state index contributed by atoms with van der Waals surface area (Å²) in [4.78, 5) is 12.5. The summed E-state index contributed by atoms with van der Waals surface area (Å²) in [5, 5.41) is 11.9. The zero-order valence-corrected chi connectivity index (χ0v) is 13.8. The number of benzene rings is 1. The lowest BCUT2D eigenvalue weighted by atomic mass is 10.2. The monoisotopic (exact) mass is 329 g/mol. The number of nitrogens with one attached hydrogen (secondary N) is 1. The quantitative estimate of drug-likeness (QED) is 0.803. The van der Waals surface area contributed by atoms with Crippen molar-refractivity contribution in [2.45, 2.75) is 13.8 Å². The molecule has 3 aromatic rings. The number of anilines is 1. The predicted molar refractivity (Wildman–Crippen MR) is 89.2 cm³/mol. The molecule has 1 N–H and O–H groups in total. The topological polar surface area (TPSA) is 64.7 Å². The van der Waals surface area contributed by atoms with Crippen molar-refractivity contribution in [3.05, 3.63) is 58.6 Å². The van der Waals surface area contributed by atoms with Crippen LogP contribution in [-0.2, 0) is 7.05 Å². The van der Waals surface area contributed by atoms with E-state index in [-0.39, 0.29) is 5.91 Å². The van der Waals surface area contributed by atoms with Crippen LogP contribution in [0.2, 0.25) is 5.02 Å². The van der Waals surface area contributed by atoms with E-state index >= 15 is 0 Å². The Morgan fingerprint density at radius 3 is 2.65 bits per heavy atom. The molecule has 0 saturated heterocycles. The van der Waals surface area contributed by atoms with Crippen molar-refractivity contribution < 1.29 is 4.79 Å². The minimum absolute atomic E-state index is 0.225. The summed E-state index contributed by atoms with van der Waals surface area (Å²) >= 11 is 6.20. The summed E-state index contributed by atoms with van der Waals surface area (Å²) in [6.45, 7) is 3.68. The number of hydrogen-bond donors (Lipinski definition) is 1. The highest BCUT2D eigenvalue weighted by Crippen LogP contribution is 2.22. The molecule has 0 saturated carbocycles. The number of para-hydroxylation sites is 1. The molecule has 7 heteroatoms. The Hall–Kier alpha value is -2.60. The molecule has 118 valence electrons. The van der Waals surface area contributed by atoms with Crippen molar-refractivity contribution in [3.8, 4) is 5.69 Å². The molecule has 3 rings (SSSR count). The van der Waals surface area contributed by atoms with Crippen LogP contribution in [0.25, 0.3) is 5.69 Å². The van der Waals surface area contributed by atoms with Gasteiger partial charge in [-0.1, -0.05) is 23.7 Å². The van der Waals surface area contributed by atoms with E-state index < -0.39 is 0 Å². The summed E-state index contributed by atoms with van der Waals surface area (Å²) in [6, 6.07) is 7.37. The molecule has 0 atom stereocenters. The molecular formula is C16H16ClN5O. The van der Waals surface area contributed by atoms with E-state index in [1.807, 2.05) is 39.1 Å². The molecule has 0 aliphatic rings. The number of halogens is 1. The normalized spacial score (nSPS) is 10.8. The fourth-order valence-electron chi connectivity index (χ4n) is 2.41. The standard InChI is InChI=1S/C16H16ClN5O/c1-10-14(9-21(3)20-10)19-16(23)12-8-18-22(11(12)2)15-7-5-4-6-13(15)17/h4-9H,1-3H3,(H,19,23). The maximum absolute atomic E-state index is 12.5. The first-order chi connectivity index (χ1) is 11.0. The molecule has 2 heterocycles. The average molecular weight is 330 g/mol. The molecule has 0 radical (unpaired) electrons. The third kappa shape index (κ3) is 2.85. The Labute approximate surface area is 138 Å². The van der Waals surface area contributed by atoms with Crippen LogP contribution in [0.5, 0.6) is 0 Å². The van der Waals surface area contributed by atoms with Gasteiger partial charge in [0, 0.05) is 13.2 Å². The van der Waals surface area contributed by atoms with Gasteiger partial charge < -0.3 is 5.32 Å². The van der Waals surface area contributed by atoms with E-state index in [1.165, 1.54) is 0 Å². The molecule has 2 aromatic heterocycles. The Balaban J connectivity index is 1.91. The van der Waals surface area contributed by atoms with Gasteiger partial charge in [0.15, 0.2) is 0 Å². The number of nitrogens with zero attached hydrogens (tertiary/aromatic N) is 4. The first-order valence-corrected chi connectivity index (χ1v) is 7.46. The fraction of sp³-hybridized carbons (Fsp3) is 0.188. The smallest absolute Gasteiger partial charge is 0.259 e. The molecular weight excluding hydrogens is 314 g/mol. The molecule has 6 nitrogen and oxygen atoms in total. The highest BCUT2D eigenvalue weighted by molar-refractivity contribution is 6.32. The van der Waals surface area contributed by atoms with Gasteiger partial charge >= 0.3 is 0 Å². The van der Waals surface area contributed by atoms with Crippen molar-refractivity contribution in [3.63, 3.8) is 0 Å². The minimum atomic E-state index is -0.225. The largest absolute Gasteiger partial charge is 0.319 e.